The number of aryl methyl sites for hydroxylation is 2. The van der Waals surface area contributed by atoms with E-state index in [-0.39, 0.29) is 6.17 Å². The molecule has 1 atom stereocenters. The molecule has 2 N–H and O–H groups in total. The summed E-state index contributed by atoms with van der Waals surface area (Å²) in [6.07, 6.45) is 1.57. The first-order valence-electron chi connectivity index (χ1n) is 8.47. The average molecular weight is 356 g/mol. The molecular weight excluding hydrogens is 332 g/mol. The minimum Gasteiger partial charge on any atom is -0.507 e. The highest BCUT2D eigenvalue weighted by molar-refractivity contribution is 5.94. The van der Waals surface area contributed by atoms with Crippen LogP contribution in [0.1, 0.15) is 28.4 Å². The van der Waals surface area contributed by atoms with Gasteiger partial charge in [-0.2, -0.15) is 0 Å². The zero-order valence-corrected chi connectivity index (χ0v) is 15.5. The van der Waals surface area contributed by atoms with Crippen LogP contribution in [0.4, 0.5) is 5.69 Å². The summed E-state index contributed by atoms with van der Waals surface area (Å²) in [5.74, 6) is 1.73. The monoisotopic (exact) mass is 356 g/mol. The van der Waals surface area contributed by atoms with E-state index in [2.05, 4.69) is 10.3 Å². The maximum absolute atomic E-state index is 9.99. The van der Waals surface area contributed by atoms with Crippen molar-refractivity contribution in [2.75, 3.05) is 32.8 Å². The van der Waals surface area contributed by atoms with E-state index in [0.717, 1.165) is 27.9 Å². The summed E-state index contributed by atoms with van der Waals surface area (Å²) in [6, 6.07) is 7.67. The molecule has 138 valence electrons. The molecule has 2 aromatic rings. The predicted octanol–water partition coefficient (Wildman–Crippen LogP) is 3.59. The van der Waals surface area contributed by atoms with Crippen LogP contribution in [0, 0.1) is 13.8 Å². The molecule has 0 saturated heterocycles. The number of aliphatic imine (C=N–C) groups is 1. The summed E-state index contributed by atoms with van der Waals surface area (Å²) in [6.45, 7) is 4.75. The smallest absolute Gasteiger partial charge is 0.144 e. The Labute approximate surface area is 153 Å². The van der Waals surface area contributed by atoms with Crippen LogP contribution in [0.2, 0.25) is 0 Å². The maximum Gasteiger partial charge on any atom is 0.144 e. The molecule has 1 unspecified atom stereocenters. The third kappa shape index (κ3) is 3.60. The topological polar surface area (TPSA) is 72.3 Å². The van der Waals surface area contributed by atoms with Gasteiger partial charge in [-0.1, -0.05) is 0 Å². The van der Waals surface area contributed by atoms with Gasteiger partial charge in [0.05, 0.1) is 25.0 Å². The van der Waals surface area contributed by atoms with Gasteiger partial charge in [0.2, 0.25) is 0 Å². The third-order valence-electron chi connectivity index (χ3n) is 4.37. The molecule has 1 aliphatic heterocycles. The van der Waals surface area contributed by atoms with Gasteiger partial charge in [-0.3, -0.25) is 4.99 Å². The minimum absolute atomic E-state index is 0.237. The molecule has 6 nitrogen and oxygen atoms in total. The van der Waals surface area contributed by atoms with Crippen molar-refractivity contribution in [1.82, 2.24) is 0 Å². The fraction of sp³-hybridized carbons (Fsp3) is 0.350. The number of hydrogen-bond acceptors (Lipinski definition) is 6. The number of anilines is 1. The van der Waals surface area contributed by atoms with E-state index in [1.54, 1.807) is 14.2 Å². The summed E-state index contributed by atoms with van der Waals surface area (Å²) in [7, 11) is 3.27. The Bertz CT molecular complexity index is 810. The zero-order chi connectivity index (χ0) is 18.7. The van der Waals surface area contributed by atoms with Crippen LogP contribution < -0.4 is 14.8 Å². The number of rotatable bonds is 6. The molecule has 0 radical (unpaired) electrons. The SMILES string of the molecule is COCCOc1cc2c(c(OC)c1)C=NC(c1cc(C)c(O)c(C)c1)N2. The van der Waals surface area contributed by atoms with E-state index in [9.17, 15) is 5.11 Å². The minimum atomic E-state index is -0.237. The Morgan fingerprint density at radius 1 is 1.08 bits per heavy atom. The van der Waals surface area contributed by atoms with Gasteiger partial charge in [0.1, 0.15) is 30.0 Å². The van der Waals surface area contributed by atoms with Gasteiger partial charge in [-0.15, -0.1) is 0 Å². The normalized spacial score (nSPS) is 15.3. The summed E-state index contributed by atoms with van der Waals surface area (Å²) in [5.41, 5.74) is 4.42. The Hall–Kier alpha value is -2.73. The van der Waals surface area contributed by atoms with Crippen molar-refractivity contribution in [2.24, 2.45) is 4.99 Å². The third-order valence-corrected chi connectivity index (χ3v) is 4.37. The molecule has 6 heteroatoms. The first-order chi connectivity index (χ1) is 12.5. The number of fused-ring (bicyclic) bond motifs is 1. The van der Waals surface area contributed by atoms with Gasteiger partial charge >= 0.3 is 0 Å². The van der Waals surface area contributed by atoms with Crippen molar-refractivity contribution in [3.63, 3.8) is 0 Å². The summed E-state index contributed by atoms with van der Waals surface area (Å²) >= 11 is 0. The standard InChI is InChI=1S/C20H24N2O4/c1-12-7-14(8-13(2)19(12)23)20-21-11-16-17(22-20)9-15(10-18(16)25-4)26-6-5-24-3/h7-11,20,22-23H,5-6H2,1-4H3. The molecule has 3 rings (SSSR count). The number of phenols is 1. The number of methoxy groups -OCH3 is 2. The second kappa shape index (κ2) is 7.66. The lowest BCUT2D eigenvalue weighted by Crippen LogP contribution is -2.16. The highest BCUT2D eigenvalue weighted by Gasteiger charge is 2.21. The van der Waals surface area contributed by atoms with Crippen LogP contribution in [0.3, 0.4) is 0 Å². The van der Waals surface area contributed by atoms with Gasteiger partial charge in [-0.05, 0) is 42.7 Å². The maximum atomic E-state index is 9.99. The molecule has 0 bridgehead atoms. The number of phenolic OH excluding ortho intramolecular Hbond substituents is 1. The Balaban J connectivity index is 1.90. The van der Waals surface area contributed by atoms with E-state index in [0.29, 0.717) is 30.5 Å². The van der Waals surface area contributed by atoms with Crippen molar-refractivity contribution < 1.29 is 19.3 Å². The van der Waals surface area contributed by atoms with Crippen LogP contribution in [-0.2, 0) is 4.74 Å². The Kier molecular flexibility index (Phi) is 5.32. The van der Waals surface area contributed by atoms with Gasteiger partial charge in [0, 0.05) is 25.5 Å². The zero-order valence-electron chi connectivity index (χ0n) is 15.5. The van der Waals surface area contributed by atoms with Crippen LogP contribution in [0.5, 0.6) is 17.2 Å². The second-order valence-electron chi connectivity index (χ2n) is 6.26. The van der Waals surface area contributed by atoms with E-state index < -0.39 is 0 Å². The molecule has 0 aromatic heterocycles. The predicted molar refractivity (Wildman–Crippen MR) is 102 cm³/mol. The van der Waals surface area contributed by atoms with Crippen LogP contribution in [-0.4, -0.2) is 38.8 Å². The summed E-state index contributed by atoms with van der Waals surface area (Å²) in [5, 5.41) is 13.4. The fourth-order valence-electron chi connectivity index (χ4n) is 3.00. The Morgan fingerprint density at radius 2 is 1.81 bits per heavy atom. The van der Waals surface area contributed by atoms with E-state index >= 15 is 0 Å². The molecule has 0 amide bonds. The number of aromatic hydroxyl groups is 1. The molecule has 0 fully saturated rings. The lowest BCUT2D eigenvalue weighted by atomic mass is 10.0. The van der Waals surface area contributed by atoms with E-state index in [1.807, 2.05) is 44.3 Å². The van der Waals surface area contributed by atoms with Crippen LogP contribution >= 0.6 is 0 Å². The number of nitrogens with zero attached hydrogens (tertiary/aromatic N) is 1. The molecule has 1 heterocycles. The second-order valence-corrected chi connectivity index (χ2v) is 6.26. The number of benzene rings is 2. The average Bonchev–Trinajstić information content (AvgIpc) is 2.64. The first kappa shape index (κ1) is 18.1. The van der Waals surface area contributed by atoms with Crippen molar-refractivity contribution >= 4 is 11.9 Å². The molecule has 1 aliphatic rings. The van der Waals surface area contributed by atoms with Gasteiger partial charge in [0.25, 0.3) is 0 Å². The van der Waals surface area contributed by atoms with Gasteiger partial charge in [-0.25, -0.2) is 0 Å². The number of nitrogens with one attached hydrogen (secondary N) is 1. The summed E-state index contributed by atoms with van der Waals surface area (Å²) < 4.78 is 16.2. The molecule has 0 saturated carbocycles. The van der Waals surface area contributed by atoms with E-state index in [4.69, 9.17) is 14.2 Å². The first-order valence-corrected chi connectivity index (χ1v) is 8.47. The number of ether oxygens (including phenoxy) is 3. The molecular formula is C20H24N2O4. The van der Waals surface area contributed by atoms with Crippen LogP contribution in [0.25, 0.3) is 0 Å². The van der Waals surface area contributed by atoms with Crippen molar-refractivity contribution in [1.29, 1.82) is 0 Å². The van der Waals surface area contributed by atoms with Gasteiger partial charge in [0.15, 0.2) is 0 Å². The fourth-order valence-corrected chi connectivity index (χ4v) is 3.00. The Morgan fingerprint density at radius 3 is 2.46 bits per heavy atom. The molecule has 0 spiro atoms. The summed E-state index contributed by atoms with van der Waals surface area (Å²) in [4.78, 5) is 4.61. The van der Waals surface area contributed by atoms with Crippen LogP contribution in [0.15, 0.2) is 29.3 Å². The largest absolute Gasteiger partial charge is 0.507 e. The number of hydrogen-bond donors (Lipinski definition) is 2. The van der Waals surface area contributed by atoms with Crippen molar-refractivity contribution in [3.05, 3.63) is 46.5 Å². The van der Waals surface area contributed by atoms with Crippen molar-refractivity contribution in [3.8, 4) is 17.2 Å². The lowest BCUT2D eigenvalue weighted by Gasteiger charge is -2.25. The van der Waals surface area contributed by atoms with E-state index in [1.165, 1.54) is 0 Å². The lowest BCUT2D eigenvalue weighted by molar-refractivity contribution is 0.146. The highest BCUT2D eigenvalue weighted by Crippen LogP contribution is 2.37. The molecule has 2 aromatic carbocycles. The quantitative estimate of drug-likeness (QED) is 0.774. The highest BCUT2D eigenvalue weighted by atomic mass is 16.5. The molecule has 26 heavy (non-hydrogen) atoms. The van der Waals surface area contributed by atoms with Gasteiger partial charge < -0.3 is 24.6 Å². The molecule has 0 aliphatic carbocycles. The van der Waals surface area contributed by atoms with Crippen molar-refractivity contribution in [2.45, 2.75) is 20.0 Å².